The number of hydrogen-bond donors (Lipinski definition) is 0. The number of halogens is 7. The first-order chi connectivity index (χ1) is 7.64. The van der Waals surface area contributed by atoms with Crippen LogP contribution in [0.4, 0.5) is 30.7 Å². The first kappa shape index (κ1) is 16.8. The fourth-order valence-corrected chi connectivity index (χ4v) is 1.42. The third kappa shape index (κ3) is 12.1. The molecule has 0 aliphatic carbocycles. The van der Waals surface area contributed by atoms with Crippen LogP contribution in [0.2, 0.25) is 0 Å². The van der Waals surface area contributed by atoms with Crippen LogP contribution >= 0.6 is 8.60 Å². The van der Waals surface area contributed by atoms with Crippen molar-refractivity contribution in [1.29, 1.82) is 0 Å². The van der Waals surface area contributed by atoms with Crippen molar-refractivity contribution < 1.29 is 44.3 Å². The molecule has 17 heavy (non-hydrogen) atoms. The molecular formula is C6H8F7O3P. The lowest BCUT2D eigenvalue weighted by Gasteiger charge is -2.17. The van der Waals surface area contributed by atoms with Crippen LogP contribution in [-0.2, 0) is 13.6 Å². The van der Waals surface area contributed by atoms with Crippen LogP contribution in [0.3, 0.4) is 0 Å². The summed E-state index contributed by atoms with van der Waals surface area (Å²) in [5.74, 6) is 0. The Labute approximate surface area is 92.8 Å². The SMILES string of the molecule is FCCOP(OCC(F)(F)F)OCC(F)(F)F. The molecule has 0 spiro atoms. The van der Waals surface area contributed by atoms with Crippen LogP contribution in [-0.4, -0.2) is 38.8 Å². The molecule has 0 fully saturated rings. The van der Waals surface area contributed by atoms with Crippen LogP contribution in [0.25, 0.3) is 0 Å². The summed E-state index contributed by atoms with van der Waals surface area (Å²) in [6.07, 6.45) is -9.47. The van der Waals surface area contributed by atoms with Crippen molar-refractivity contribution >= 4 is 8.60 Å². The fourth-order valence-electron chi connectivity index (χ4n) is 0.473. The lowest BCUT2D eigenvalue weighted by Crippen LogP contribution is -2.19. The summed E-state index contributed by atoms with van der Waals surface area (Å²) in [7, 11) is -2.88. The second-order valence-electron chi connectivity index (χ2n) is 2.52. The van der Waals surface area contributed by atoms with Gasteiger partial charge in [0.1, 0.15) is 6.67 Å². The van der Waals surface area contributed by atoms with Crippen molar-refractivity contribution in [1.82, 2.24) is 0 Å². The molecule has 0 radical (unpaired) electrons. The molecule has 0 unspecified atom stereocenters. The van der Waals surface area contributed by atoms with Gasteiger partial charge < -0.3 is 13.6 Å². The van der Waals surface area contributed by atoms with E-state index in [4.69, 9.17) is 0 Å². The summed E-state index contributed by atoms with van der Waals surface area (Å²) in [5, 5.41) is 0. The van der Waals surface area contributed by atoms with Gasteiger partial charge in [-0.1, -0.05) is 0 Å². The molecule has 104 valence electrons. The third-order valence-electron chi connectivity index (χ3n) is 0.941. The second-order valence-corrected chi connectivity index (χ2v) is 3.74. The van der Waals surface area contributed by atoms with Crippen LogP contribution in [0.5, 0.6) is 0 Å². The van der Waals surface area contributed by atoms with Crippen LogP contribution in [0, 0.1) is 0 Å². The van der Waals surface area contributed by atoms with E-state index in [1.165, 1.54) is 0 Å². The van der Waals surface area contributed by atoms with Gasteiger partial charge in [-0.25, -0.2) is 4.39 Å². The number of alkyl halides is 7. The smallest absolute Gasteiger partial charge is 0.309 e. The molecule has 0 aliphatic heterocycles. The predicted molar refractivity (Wildman–Crippen MR) is 42.9 cm³/mol. The fraction of sp³-hybridized carbons (Fsp3) is 1.00. The maximum Gasteiger partial charge on any atom is 0.412 e. The normalized spacial score (nSPS) is 13.4. The van der Waals surface area contributed by atoms with Crippen LogP contribution < -0.4 is 0 Å². The minimum Gasteiger partial charge on any atom is -0.309 e. The van der Waals surface area contributed by atoms with Crippen molar-refractivity contribution in [3.05, 3.63) is 0 Å². The number of rotatable bonds is 7. The van der Waals surface area contributed by atoms with Gasteiger partial charge in [-0.3, -0.25) is 0 Å². The molecule has 3 nitrogen and oxygen atoms in total. The molecule has 11 heteroatoms. The lowest BCUT2D eigenvalue weighted by atomic mass is 10.7. The molecule has 0 N–H and O–H groups in total. The summed E-state index contributed by atoms with van der Waals surface area (Å²) in [5.41, 5.74) is 0. The zero-order valence-electron chi connectivity index (χ0n) is 8.15. The molecule has 0 saturated heterocycles. The molecule has 0 atom stereocenters. The van der Waals surface area contributed by atoms with Gasteiger partial charge in [0.15, 0.2) is 13.2 Å². The zero-order chi connectivity index (χ0) is 13.5. The quantitative estimate of drug-likeness (QED) is 0.532. The maximum absolute atomic E-state index is 11.7. The molecule has 0 aromatic rings. The number of hydrogen-bond acceptors (Lipinski definition) is 3. The molecule has 0 saturated carbocycles. The topological polar surface area (TPSA) is 27.7 Å². The van der Waals surface area contributed by atoms with Crippen molar-refractivity contribution in [2.75, 3.05) is 26.5 Å². The van der Waals surface area contributed by atoms with Crippen molar-refractivity contribution in [2.45, 2.75) is 12.4 Å². The minimum absolute atomic E-state index is 0.707. The molecule has 0 rings (SSSR count). The molecule has 0 aromatic heterocycles. The van der Waals surface area contributed by atoms with Crippen LogP contribution in [0.1, 0.15) is 0 Å². The van der Waals surface area contributed by atoms with Crippen LogP contribution in [0.15, 0.2) is 0 Å². The molecule has 0 aliphatic rings. The monoisotopic (exact) mass is 292 g/mol. The summed E-state index contributed by atoms with van der Waals surface area (Å²) >= 11 is 0. The Balaban J connectivity index is 4.05. The minimum atomic E-state index is -4.73. The summed E-state index contributed by atoms with van der Waals surface area (Å²) < 4.78 is 93.9. The zero-order valence-corrected chi connectivity index (χ0v) is 9.04. The first-order valence-electron chi connectivity index (χ1n) is 4.02. The predicted octanol–water partition coefficient (Wildman–Crippen LogP) is 3.36. The van der Waals surface area contributed by atoms with Gasteiger partial charge in [-0.2, -0.15) is 26.3 Å². The van der Waals surface area contributed by atoms with Gasteiger partial charge in [0, 0.05) is 0 Å². The van der Waals surface area contributed by atoms with E-state index >= 15 is 0 Å². The molecule has 0 bridgehead atoms. The van der Waals surface area contributed by atoms with E-state index in [0.717, 1.165) is 0 Å². The van der Waals surface area contributed by atoms with E-state index in [-0.39, 0.29) is 0 Å². The van der Waals surface area contributed by atoms with E-state index < -0.39 is 47.5 Å². The molecule has 0 aromatic carbocycles. The first-order valence-corrected chi connectivity index (χ1v) is 5.12. The standard InChI is InChI=1S/C6H8F7O3P/c7-1-2-14-17(15-3-5(8,9)10)16-4-6(11,12)13/h1-4H2. The van der Waals surface area contributed by atoms with E-state index in [0.29, 0.717) is 0 Å². The highest BCUT2D eigenvalue weighted by Crippen LogP contribution is 2.42. The van der Waals surface area contributed by atoms with Crippen molar-refractivity contribution in [3.8, 4) is 0 Å². The van der Waals surface area contributed by atoms with Gasteiger partial charge in [-0.05, 0) is 0 Å². The third-order valence-corrected chi connectivity index (χ3v) is 2.01. The van der Waals surface area contributed by atoms with Gasteiger partial charge in [-0.15, -0.1) is 0 Å². The van der Waals surface area contributed by atoms with Gasteiger partial charge in [0.2, 0.25) is 0 Å². The average Bonchev–Trinajstić information content (AvgIpc) is 2.13. The van der Waals surface area contributed by atoms with E-state index in [2.05, 4.69) is 13.6 Å². The van der Waals surface area contributed by atoms with E-state index in [1.54, 1.807) is 0 Å². The van der Waals surface area contributed by atoms with E-state index in [1.807, 2.05) is 0 Å². The Morgan fingerprint density at radius 2 is 1.18 bits per heavy atom. The highest BCUT2D eigenvalue weighted by Gasteiger charge is 2.34. The Morgan fingerprint density at radius 1 is 0.765 bits per heavy atom. The molecule has 0 amide bonds. The second kappa shape index (κ2) is 7.30. The van der Waals surface area contributed by atoms with Crippen molar-refractivity contribution in [2.24, 2.45) is 0 Å². The molecule has 0 heterocycles. The van der Waals surface area contributed by atoms with Crippen molar-refractivity contribution in [3.63, 3.8) is 0 Å². The Hall–Kier alpha value is -0.180. The summed E-state index contributed by atoms with van der Waals surface area (Å²) in [6, 6.07) is 0. The van der Waals surface area contributed by atoms with Gasteiger partial charge in [0.05, 0.1) is 6.61 Å². The van der Waals surface area contributed by atoms with E-state index in [9.17, 15) is 30.7 Å². The Kier molecular flexibility index (Phi) is 7.22. The summed E-state index contributed by atoms with van der Waals surface area (Å²) in [4.78, 5) is 0. The van der Waals surface area contributed by atoms with Gasteiger partial charge >= 0.3 is 21.0 Å². The molecular weight excluding hydrogens is 284 g/mol. The highest BCUT2D eigenvalue weighted by molar-refractivity contribution is 7.41. The Morgan fingerprint density at radius 3 is 1.47 bits per heavy atom. The average molecular weight is 292 g/mol. The Bertz CT molecular complexity index is 189. The maximum atomic E-state index is 11.7. The summed E-state index contributed by atoms with van der Waals surface area (Å²) in [6.45, 7) is -5.45. The highest BCUT2D eigenvalue weighted by atomic mass is 31.2. The van der Waals surface area contributed by atoms with Gasteiger partial charge in [0.25, 0.3) is 0 Å². The largest absolute Gasteiger partial charge is 0.412 e. The lowest BCUT2D eigenvalue weighted by molar-refractivity contribution is -0.166.